The molecule has 7 nitrogen and oxygen atoms in total. The average Bonchev–Trinajstić information content (AvgIpc) is 2.98. The molecule has 0 bridgehead atoms. The van der Waals surface area contributed by atoms with Crippen LogP contribution < -0.4 is 9.62 Å². The molecule has 3 aromatic carbocycles. The molecule has 42 heavy (non-hydrogen) atoms. The van der Waals surface area contributed by atoms with Gasteiger partial charge >= 0.3 is 0 Å². The van der Waals surface area contributed by atoms with Crippen LogP contribution in [0.25, 0.3) is 0 Å². The molecule has 0 radical (unpaired) electrons. The third kappa shape index (κ3) is 7.85. The van der Waals surface area contributed by atoms with Crippen molar-refractivity contribution in [1.29, 1.82) is 0 Å². The Kier molecular flexibility index (Phi) is 10.9. The lowest BCUT2D eigenvalue weighted by Gasteiger charge is -2.34. The SMILES string of the molecule is CC[C@@H](C(=O)NC1CCCCC1)N(Cc1ccc(Cl)cc1)C(=O)CN(c1ccccc1C)S(=O)(=O)c1ccc(Cl)cc1. The number of rotatable bonds is 11. The number of amides is 2. The number of anilines is 1. The monoisotopic (exact) mass is 629 g/mol. The van der Waals surface area contributed by atoms with Crippen LogP contribution in [0.2, 0.25) is 10.0 Å². The minimum Gasteiger partial charge on any atom is -0.352 e. The second-order valence-corrected chi connectivity index (χ2v) is 13.4. The fourth-order valence-corrected chi connectivity index (χ4v) is 7.07. The fraction of sp³-hybridized carbons (Fsp3) is 0.375. The van der Waals surface area contributed by atoms with Crippen LogP contribution in [0.1, 0.15) is 56.6 Å². The number of nitrogens with zero attached hydrogens (tertiary/aromatic N) is 2. The zero-order valence-electron chi connectivity index (χ0n) is 23.9. The molecule has 0 spiro atoms. The second kappa shape index (κ2) is 14.4. The molecule has 3 aromatic rings. The molecular formula is C32H37Cl2N3O4S. The van der Waals surface area contributed by atoms with Gasteiger partial charge in [-0.3, -0.25) is 13.9 Å². The Morgan fingerprint density at radius 3 is 2.10 bits per heavy atom. The molecular weight excluding hydrogens is 593 g/mol. The van der Waals surface area contributed by atoms with Crippen molar-refractivity contribution in [2.75, 3.05) is 10.8 Å². The van der Waals surface area contributed by atoms with Crippen molar-refractivity contribution < 1.29 is 18.0 Å². The highest BCUT2D eigenvalue weighted by atomic mass is 35.5. The Balaban J connectivity index is 1.71. The molecule has 1 saturated carbocycles. The first-order chi connectivity index (χ1) is 20.1. The van der Waals surface area contributed by atoms with E-state index in [4.69, 9.17) is 23.2 Å². The minimum absolute atomic E-state index is 0.00860. The second-order valence-electron chi connectivity index (χ2n) is 10.7. The molecule has 0 saturated heterocycles. The van der Waals surface area contributed by atoms with Gasteiger partial charge in [0.2, 0.25) is 11.8 Å². The summed E-state index contributed by atoms with van der Waals surface area (Å²) in [5.41, 5.74) is 1.85. The van der Waals surface area contributed by atoms with Crippen LogP contribution in [0.3, 0.4) is 0 Å². The van der Waals surface area contributed by atoms with Gasteiger partial charge in [0.1, 0.15) is 12.6 Å². The van der Waals surface area contributed by atoms with Gasteiger partial charge in [-0.25, -0.2) is 8.42 Å². The third-order valence-electron chi connectivity index (χ3n) is 7.67. The van der Waals surface area contributed by atoms with Gasteiger partial charge in [0.05, 0.1) is 10.6 Å². The molecule has 1 aliphatic carbocycles. The van der Waals surface area contributed by atoms with E-state index in [1.165, 1.54) is 29.2 Å². The molecule has 0 aromatic heterocycles. The summed E-state index contributed by atoms with van der Waals surface area (Å²) in [7, 11) is -4.17. The number of hydrogen-bond donors (Lipinski definition) is 1. The lowest BCUT2D eigenvalue weighted by atomic mass is 9.95. The van der Waals surface area contributed by atoms with Crippen molar-refractivity contribution in [3.8, 4) is 0 Å². The molecule has 1 N–H and O–H groups in total. The maximum atomic E-state index is 14.2. The summed E-state index contributed by atoms with van der Waals surface area (Å²) in [6.07, 6.45) is 5.46. The number of hydrogen-bond acceptors (Lipinski definition) is 4. The van der Waals surface area contributed by atoms with Gasteiger partial charge in [0.25, 0.3) is 10.0 Å². The quantitative estimate of drug-likeness (QED) is 0.254. The van der Waals surface area contributed by atoms with Gasteiger partial charge < -0.3 is 10.2 Å². The lowest BCUT2D eigenvalue weighted by molar-refractivity contribution is -0.140. The molecule has 1 aliphatic rings. The molecule has 1 atom stereocenters. The van der Waals surface area contributed by atoms with E-state index in [1.54, 1.807) is 49.4 Å². The van der Waals surface area contributed by atoms with Crippen molar-refractivity contribution >= 4 is 50.7 Å². The Hall–Kier alpha value is -3.07. The molecule has 224 valence electrons. The standard InChI is InChI=1S/C32H37Cl2N3O4S/c1-3-29(32(39)35-27-10-5-4-6-11-27)36(21-24-13-15-25(33)16-14-24)31(38)22-37(30-12-8-7-9-23(30)2)42(40,41)28-19-17-26(34)18-20-28/h7-9,12-20,27,29H,3-6,10-11,21-22H2,1-2H3,(H,35,39)/t29-/m0/s1. The highest BCUT2D eigenvalue weighted by Crippen LogP contribution is 2.28. The van der Waals surface area contributed by atoms with Crippen molar-refractivity contribution in [3.05, 3.63) is 94.0 Å². The number of carbonyl (C=O) groups is 2. The number of halogens is 2. The minimum atomic E-state index is -4.17. The number of benzene rings is 3. The number of para-hydroxylation sites is 1. The summed E-state index contributed by atoms with van der Waals surface area (Å²) < 4.78 is 29.1. The first kappa shape index (κ1) is 31.9. The highest BCUT2D eigenvalue weighted by molar-refractivity contribution is 7.92. The Morgan fingerprint density at radius 2 is 1.50 bits per heavy atom. The van der Waals surface area contributed by atoms with Crippen molar-refractivity contribution in [3.63, 3.8) is 0 Å². The van der Waals surface area contributed by atoms with E-state index < -0.39 is 28.5 Å². The first-order valence-corrected chi connectivity index (χ1v) is 16.5. The van der Waals surface area contributed by atoms with Gasteiger partial charge in [0, 0.05) is 22.6 Å². The topological polar surface area (TPSA) is 86.8 Å². The van der Waals surface area contributed by atoms with Crippen LogP contribution in [0, 0.1) is 6.92 Å². The smallest absolute Gasteiger partial charge is 0.264 e. The number of nitrogens with one attached hydrogen (secondary N) is 1. The van der Waals surface area contributed by atoms with Gasteiger partial charge in [-0.15, -0.1) is 0 Å². The zero-order chi connectivity index (χ0) is 30.3. The molecule has 4 rings (SSSR count). The van der Waals surface area contributed by atoms with E-state index >= 15 is 0 Å². The fourth-order valence-electron chi connectivity index (χ4n) is 5.34. The molecule has 0 aliphatic heterocycles. The van der Waals surface area contributed by atoms with Gasteiger partial charge in [0.15, 0.2) is 0 Å². The first-order valence-electron chi connectivity index (χ1n) is 14.3. The van der Waals surface area contributed by atoms with E-state index in [9.17, 15) is 18.0 Å². The van der Waals surface area contributed by atoms with E-state index in [-0.39, 0.29) is 23.4 Å². The van der Waals surface area contributed by atoms with E-state index in [0.717, 1.165) is 42.0 Å². The van der Waals surface area contributed by atoms with Crippen LogP contribution in [0.5, 0.6) is 0 Å². The molecule has 0 unspecified atom stereocenters. The van der Waals surface area contributed by atoms with Crippen molar-refractivity contribution in [1.82, 2.24) is 10.2 Å². The maximum absolute atomic E-state index is 14.2. The maximum Gasteiger partial charge on any atom is 0.264 e. The summed E-state index contributed by atoms with van der Waals surface area (Å²) in [4.78, 5) is 29.4. The number of sulfonamides is 1. The summed E-state index contributed by atoms with van der Waals surface area (Å²) in [5, 5.41) is 4.11. The Bertz CT molecular complexity index is 1470. The van der Waals surface area contributed by atoms with Crippen LogP contribution in [0.15, 0.2) is 77.7 Å². The summed E-state index contributed by atoms with van der Waals surface area (Å²) in [5.74, 6) is -0.717. The van der Waals surface area contributed by atoms with E-state index in [2.05, 4.69) is 5.32 Å². The highest BCUT2D eigenvalue weighted by Gasteiger charge is 2.34. The lowest BCUT2D eigenvalue weighted by Crippen LogP contribution is -2.54. The van der Waals surface area contributed by atoms with Gasteiger partial charge in [-0.2, -0.15) is 0 Å². The van der Waals surface area contributed by atoms with E-state index in [1.807, 2.05) is 13.0 Å². The summed E-state index contributed by atoms with van der Waals surface area (Å²) in [6, 6.07) is 19.2. The van der Waals surface area contributed by atoms with Gasteiger partial charge in [-0.05, 0) is 79.8 Å². The van der Waals surface area contributed by atoms with Crippen molar-refractivity contribution in [2.45, 2.75) is 75.9 Å². The summed E-state index contributed by atoms with van der Waals surface area (Å²) in [6.45, 7) is 3.28. The molecule has 10 heteroatoms. The third-order valence-corrected chi connectivity index (χ3v) is 9.95. The van der Waals surface area contributed by atoms with Crippen molar-refractivity contribution in [2.24, 2.45) is 0 Å². The number of aryl methyl sites for hydroxylation is 1. The molecule has 1 fully saturated rings. The molecule has 2 amide bonds. The Morgan fingerprint density at radius 1 is 0.905 bits per heavy atom. The van der Waals surface area contributed by atoms with E-state index in [0.29, 0.717) is 27.7 Å². The normalized spacial score (nSPS) is 14.7. The van der Waals surface area contributed by atoms with Crippen LogP contribution in [0.4, 0.5) is 5.69 Å². The Labute approximate surface area is 258 Å². The van der Waals surface area contributed by atoms with Gasteiger partial charge in [-0.1, -0.05) is 79.7 Å². The van der Waals surface area contributed by atoms with Crippen LogP contribution in [-0.4, -0.2) is 43.8 Å². The zero-order valence-corrected chi connectivity index (χ0v) is 26.3. The predicted molar refractivity (Wildman–Crippen MR) is 168 cm³/mol. The van der Waals surface area contributed by atoms with Crippen LogP contribution in [-0.2, 0) is 26.2 Å². The molecule has 0 heterocycles. The predicted octanol–water partition coefficient (Wildman–Crippen LogP) is 6.75. The number of carbonyl (C=O) groups excluding carboxylic acids is 2. The largest absolute Gasteiger partial charge is 0.352 e. The average molecular weight is 631 g/mol. The summed E-state index contributed by atoms with van der Waals surface area (Å²) >= 11 is 12.1. The van der Waals surface area contributed by atoms with Crippen LogP contribution >= 0.6 is 23.2 Å².